The lowest BCUT2D eigenvalue weighted by molar-refractivity contribution is 0.239. The highest BCUT2D eigenvalue weighted by Crippen LogP contribution is 2.25. The SMILES string of the molecule is Cc1cccc(-c2nccn2[C@H](C)CO)c1F. The van der Waals surface area contributed by atoms with Crippen molar-refractivity contribution < 1.29 is 9.50 Å². The fraction of sp³-hybridized carbons (Fsp3) is 0.308. The summed E-state index contributed by atoms with van der Waals surface area (Å²) in [5.41, 5.74) is 1.06. The maximum absolute atomic E-state index is 14.0. The molecule has 3 nitrogen and oxygen atoms in total. The van der Waals surface area contributed by atoms with E-state index in [1.807, 2.05) is 6.92 Å². The second-order valence-electron chi connectivity index (χ2n) is 4.13. The topological polar surface area (TPSA) is 38.0 Å². The molecule has 17 heavy (non-hydrogen) atoms. The van der Waals surface area contributed by atoms with Gasteiger partial charge >= 0.3 is 0 Å². The van der Waals surface area contributed by atoms with Gasteiger partial charge in [-0.1, -0.05) is 12.1 Å². The Kier molecular flexibility index (Phi) is 3.24. The lowest BCUT2D eigenvalue weighted by Crippen LogP contribution is -2.10. The predicted octanol–water partition coefficient (Wildman–Crippen LogP) is 2.55. The first-order valence-electron chi connectivity index (χ1n) is 5.54. The Labute approximate surface area is 99.5 Å². The molecule has 0 aliphatic carbocycles. The van der Waals surface area contributed by atoms with Crippen molar-refractivity contribution in [3.63, 3.8) is 0 Å². The van der Waals surface area contributed by atoms with Crippen LogP contribution in [0, 0.1) is 12.7 Å². The molecule has 4 heteroatoms. The van der Waals surface area contributed by atoms with E-state index in [2.05, 4.69) is 4.98 Å². The number of hydrogen-bond donors (Lipinski definition) is 1. The normalized spacial score (nSPS) is 12.7. The zero-order valence-corrected chi connectivity index (χ0v) is 9.89. The summed E-state index contributed by atoms with van der Waals surface area (Å²) in [4.78, 5) is 4.17. The standard InChI is InChI=1S/C13H15FN2O/c1-9-4-3-5-11(12(9)14)13-15-6-7-16(13)10(2)8-17/h3-7,10,17H,8H2,1-2H3/t10-/m1/s1. The van der Waals surface area contributed by atoms with E-state index in [1.165, 1.54) is 0 Å². The van der Waals surface area contributed by atoms with Gasteiger partial charge in [-0.15, -0.1) is 0 Å². The van der Waals surface area contributed by atoms with Gasteiger partial charge in [0, 0.05) is 12.4 Å². The number of imidazole rings is 1. The van der Waals surface area contributed by atoms with Crippen molar-refractivity contribution in [2.24, 2.45) is 0 Å². The van der Waals surface area contributed by atoms with Crippen LogP contribution in [-0.2, 0) is 0 Å². The summed E-state index contributed by atoms with van der Waals surface area (Å²) in [6, 6.07) is 5.11. The highest BCUT2D eigenvalue weighted by molar-refractivity contribution is 5.58. The van der Waals surface area contributed by atoms with E-state index in [0.29, 0.717) is 17.0 Å². The van der Waals surface area contributed by atoms with Crippen molar-refractivity contribution in [2.75, 3.05) is 6.61 Å². The minimum Gasteiger partial charge on any atom is -0.394 e. The summed E-state index contributed by atoms with van der Waals surface area (Å²) in [5, 5.41) is 9.16. The zero-order chi connectivity index (χ0) is 12.4. The molecule has 0 saturated heterocycles. The molecule has 2 aromatic rings. The van der Waals surface area contributed by atoms with Crippen LogP contribution in [0.3, 0.4) is 0 Å². The lowest BCUT2D eigenvalue weighted by Gasteiger charge is -2.14. The van der Waals surface area contributed by atoms with Crippen molar-refractivity contribution in [1.29, 1.82) is 0 Å². The van der Waals surface area contributed by atoms with E-state index in [-0.39, 0.29) is 18.5 Å². The van der Waals surface area contributed by atoms with Crippen LogP contribution in [0.2, 0.25) is 0 Å². The Morgan fingerprint density at radius 3 is 2.94 bits per heavy atom. The van der Waals surface area contributed by atoms with E-state index < -0.39 is 0 Å². The Bertz CT molecular complexity index is 522. The van der Waals surface area contributed by atoms with Crippen LogP contribution in [0.4, 0.5) is 4.39 Å². The van der Waals surface area contributed by atoms with Crippen LogP contribution in [0.5, 0.6) is 0 Å². The number of benzene rings is 1. The largest absolute Gasteiger partial charge is 0.394 e. The zero-order valence-electron chi connectivity index (χ0n) is 9.89. The molecule has 0 radical (unpaired) electrons. The molecule has 1 aromatic carbocycles. The molecule has 0 bridgehead atoms. The number of halogens is 1. The number of rotatable bonds is 3. The molecule has 0 amide bonds. The monoisotopic (exact) mass is 234 g/mol. The second-order valence-corrected chi connectivity index (χ2v) is 4.13. The number of aliphatic hydroxyl groups excluding tert-OH is 1. The Morgan fingerprint density at radius 1 is 1.47 bits per heavy atom. The molecule has 0 fully saturated rings. The third-order valence-corrected chi connectivity index (χ3v) is 2.84. The first kappa shape index (κ1) is 11.8. The fourth-order valence-corrected chi connectivity index (χ4v) is 1.79. The molecule has 2 rings (SSSR count). The van der Waals surface area contributed by atoms with Gasteiger partial charge in [0.15, 0.2) is 0 Å². The van der Waals surface area contributed by atoms with Gasteiger partial charge in [0.2, 0.25) is 0 Å². The molecule has 1 N–H and O–H groups in total. The van der Waals surface area contributed by atoms with Crippen molar-refractivity contribution in [3.8, 4) is 11.4 Å². The molecule has 0 aliphatic heterocycles. The van der Waals surface area contributed by atoms with Crippen LogP contribution >= 0.6 is 0 Å². The second kappa shape index (κ2) is 4.67. The van der Waals surface area contributed by atoms with Crippen molar-refractivity contribution in [1.82, 2.24) is 9.55 Å². The van der Waals surface area contributed by atoms with Gasteiger partial charge in [-0.3, -0.25) is 0 Å². The van der Waals surface area contributed by atoms with Crippen molar-refractivity contribution >= 4 is 0 Å². The van der Waals surface area contributed by atoms with Crippen molar-refractivity contribution in [2.45, 2.75) is 19.9 Å². The summed E-state index contributed by atoms with van der Waals surface area (Å²) in [5.74, 6) is 0.290. The summed E-state index contributed by atoms with van der Waals surface area (Å²) < 4.78 is 15.8. The van der Waals surface area contributed by atoms with E-state index in [9.17, 15) is 4.39 Å². The average molecular weight is 234 g/mol. The minimum atomic E-state index is -0.259. The van der Waals surface area contributed by atoms with Gasteiger partial charge in [0.05, 0.1) is 18.2 Å². The first-order valence-corrected chi connectivity index (χ1v) is 5.54. The third-order valence-electron chi connectivity index (χ3n) is 2.84. The summed E-state index contributed by atoms with van der Waals surface area (Å²) in [6.07, 6.45) is 3.36. The van der Waals surface area contributed by atoms with Crippen molar-refractivity contribution in [3.05, 3.63) is 42.0 Å². The van der Waals surface area contributed by atoms with E-state index in [4.69, 9.17) is 5.11 Å². The summed E-state index contributed by atoms with van der Waals surface area (Å²) >= 11 is 0. The predicted molar refractivity (Wildman–Crippen MR) is 64.2 cm³/mol. The Balaban J connectivity index is 2.54. The smallest absolute Gasteiger partial charge is 0.143 e. The quantitative estimate of drug-likeness (QED) is 0.886. The highest BCUT2D eigenvalue weighted by Gasteiger charge is 2.15. The van der Waals surface area contributed by atoms with Gasteiger partial charge in [0.1, 0.15) is 11.6 Å². The maximum Gasteiger partial charge on any atom is 0.143 e. The number of aliphatic hydroxyl groups is 1. The average Bonchev–Trinajstić information content (AvgIpc) is 2.80. The third kappa shape index (κ3) is 2.08. The highest BCUT2D eigenvalue weighted by atomic mass is 19.1. The lowest BCUT2D eigenvalue weighted by atomic mass is 10.1. The Morgan fingerprint density at radius 2 is 2.24 bits per heavy atom. The number of hydrogen-bond acceptors (Lipinski definition) is 2. The number of nitrogens with zero attached hydrogens (tertiary/aromatic N) is 2. The van der Waals surface area contributed by atoms with Gasteiger partial charge in [-0.05, 0) is 25.5 Å². The summed E-state index contributed by atoms with van der Waals surface area (Å²) in [7, 11) is 0. The van der Waals surface area contributed by atoms with Gasteiger partial charge < -0.3 is 9.67 Å². The van der Waals surface area contributed by atoms with Crippen LogP contribution in [-0.4, -0.2) is 21.3 Å². The molecule has 1 aromatic heterocycles. The number of aryl methyl sites for hydroxylation is 1. The van der Waals surface area contributed by atoms with Crippen LogP contribution in [0.15, 0.2) is 30.6 Å². The van der Waals surface area contributed by atoms with Gasteiger partial charge in [-0.25, -0.2) is 9.37 Å². The molecule has 1 atom stereocenters. The first-order chi connectivity index (χ1) is 8.15. The molecule has 0 spiro atoms. The van der Waals surface area contributed by atoms with E-state index >= 15 is 0 Å². The number of aromatic nitrogens is 2. The van der Waals surface area contributed by atoms with Crippen LogP contribution in [0.25, 0.3) is 11.4 Å². The van der Waals surface area contributed by atoms with Crippen LogP contribution in [0.1, 0.15) is 18.5 Å². The van der Waals surface area contributed by atoms with Crippen LogP contribution < -0.4 is 0 Å². The minimum absolute atomic E-state index is 0.00318. The molecule has 0 saturated carbocycles. The Hall–Kier alpha value is -1.68. The van der Waals surface area contributed by atoms with Gasteiger partial charge in [-0.2, -0.15) is 0 Å². The molecular formula is C13H15FN2O. The fourth-order valence-electron chi connectivity index (χ4n) is 1.79. The van der Waals surface area contributed by atoms with Gasteiger partial charge in [0.25, 0.3) is 0 Å². The molecule has 1 heterocycles. The molecule has 0 aliphatic rings. The molecule has 0 unspecified atom stereocenters. The van der Waals surface area contributed by atoms with E-state index in [1.54, 1.807) is 42.1 Å². The summed E-state index contributed by atoms with van der Waals surface area (Å²) in [6.45, 7) is 3.58. The molecular weight excluding hydrogens is 219 g/mol. The maximum atomic E-state index is 14.0. The molecule has 90 valence electrons. The van der Waals surface area contributed by atoms with E-state index in [0.717, 1.165) is 0 Å².